The molecule has 1 aromatic carbocycles. The Labute approximate surface area is 132 Å². The molecule has 2 aromatic rings. The van der Waals surface area contributed by atoms with Crippen molar-refractivity contribution < 1.29 is 0 Å². The molecular weight excluding hydrogens is 270 g/mol. The molecule has 0 saturated carbocycles. The summed E-state index contributed by atoms with van der Waals surface area (Å²) in [5, 5.41) is 4.88. The Morgan fingerprint density at radius 1 is 1.09 bits per heavy atom. The van der Waals surface area contributed by atoms with Crippen molar-refractivity contribution in [3.05, 3.63) is 47.7 Å². The Balaban J connectivity index is 2.19. The average Bonchev–Trinajstić information content (AvgIpc) is 2.87. The first-order valence-electron chi connectivity index (χ1n) is 8.12. The summed E-state index contributed by atoms with van der Waals surface area (Å²) in [6, 6.07) is 10.2. The van der Waals surface area contributed by atoms with E-state index >= 15 is 0 Å². The van der Waals surface area contributed by atoms with Gasteiger partial charge in [-0.1, -0.05) is 45.0 Å². The largest absolute Gasteiger partial charge is 0.383 e. The number of aromatic nitrogens is 2. The minimum absolute atomic E-state index is 0.0260. The van der Waals surface area contributed by atoms with Crippen molar-refractivity contribution in [2.45, 2.75) is 51.9 Å². The van der Waals surface area contributed by atoms with E-state index in [0.29, 0.717) is 0 Å². The van der Waals surface area contributed by atoms with Gasteiger partial charge in [0.15, 0.2) is 0 Å². The van der Waals surface area contributed by atoms with E-state index in [1.165, 1.54) is 18.4 Å². The molecule has 22 heavy (non-hydrogen) atoms. The van der Waals surface area contributed by atoms with E-state index in [-0.39, 0.29) is 5.41 Å². The predicted molar refractivity (Wildman–Crippen MR) is 93.1 cm³/mol. The van der Waals surface area contributed by atoms with Gasteiger partial charge in [0.1, 0.15) is 5.82 Å². The number of benzene rings is 1. The van der Waals surface area contributed by atoms with Gasteiger partial charge in [0.25, 0.3) is 0 Å². The number of nitrogen functional groups attached to an aromatic ring is 1. The van der Waals surface area contributed by atoms with Gasteiger partial charge in [0, 0.05) is 11.0 Å². The van der Waals surface area contributed by atoms with Crippen LogP contribution in [-0.4, -0.2) is 9.78 Å². The zero-order chi connectivity index (χ0) is 15.7. The fraction of sp³-hybridized carbons (Fsp3) is 0.421. The molecule has 0 unspecified atom stereocenters. The zero-order valence-electron chi connectivity index (χ0n) is 13.8. The molecule has 1 aromatic heterocycles. The normalized spacial score (nSPS) is 15.7. The van der Waals surface area contributed by atoms with Gasteiger partial charge >= 0.3 is 0 Å². The Hall–Kier alpha value is -2.03. The van der Waals surface area contributed by atoms with E-state index in [2.05, 4.69) is 39.0 Å². The number of anilines is 1. The van der Waals surface area contributed by atoms with Crippen LogP contribution >= 0.6 is 0 Å². The molecule has 2 N–H and O–H groups in total. The maximum absolute atomic E-state index is 6.52. The lowest BCUT2D eigenvalue weighted by Gasteiger charge is -2.20. The highest BCUT2D eigenvalue weighted by Crippen LogP contribution is 2.38. The Kier molecular flexibility index (Phi) is 3.81. The van der Waals surface area contributed by atoms with E-state index in [1.807, 2.05) is 22.9 Å². The molecule has 3 nitrogen and oxygen atoms in total. The van der Waals surface area contributed by atoms with Gasteiger partial charge in [0.2, 0.25) is 0 Å². The van der Waals surface area contributed by atoms with Crippen LogP contribution in [0.15, 0.2) is 36.4 Å². The van der Waals surface area contributed by atoms with Crippen LogP contribution in [-0.2, 0) is 5.41 Å². The maximum Gasteiger partial charge on any atom is 0.135 e. The summed E-state index contributed by atoms with van der Waals surface area (Å²) in [7, 11) is 0. The summed E-state index contributed by atoms with van der Waals surface area (Å²) in [4.78, 5) is 0. The summed E-state index contributed by atoms with van der Waals surface area (Å²) >= 11 is 0. The second-order valence-corrected chi connectivity index (χ2v) is 7.08. The van der Waals surface area contributed by atoms with Crippen LogP contribution in [0.4, 0.5) is 5.82 Å². The van der Waals surface area contributed by atoms with Crippen molar-refractivity contribution in [1.29, 1.82) is 0 Å². The summed E-state index contributed by atoms with van der Waals surface area (Å²) in [5.74, 6) is 0.768. The highest BCUT2D eigenvalue weighted by molar-refractivity contribution is 5.77. The smallest absolute Gasteiger partial charge is 0.135 e. The lowest BCUT2D eigenvalue weighted by molar-refractivity contribution is 0.558. The first-order valence-corrected chi connectivity index (χ1v) is 8.12. The molecule has 1 heterocycles. The highest BCUT2D eigenvalue weighted by Gasteiger charge is 2.28. The lowest BCUT2D eigenvalue weighted by atomic mass is 9.84. The maximum atomic E-state index is 6.52. The standard InChI is InChI=1S/C19H25N3/c1-19(2,3)17-16(14-10-6-4-7-11-14)18(20)22(21-17)15-12-8-5-9-13-15/h5,8-10,12-13H,4,6-7,11,20H2,1-3H3. The molecule has 0 atom stereocenters. The van der Waals surface area contributed by atoms with Crippen molar-refractivity contribution in [3.8, 4) is 5.69 Å². The molecule has 0 fully saturated rings. The molecule has 0 bridgehead atoms. The monoisotopic (exact) mass is 295 g/mol. The number of allylic oxidation sites excluding steroid dienone is 2. The Morgan fingerprint density at radius 2 is 1.82 bits per heavy atom. The number of nitrogens with two attached hydrogens (primary N) is 1. The van der Waals surface area contributed by atoms with E-state index in [1.54, 1.807) is 0 Å². The average molecular weight is 295 g/mol. The number of hydrogen-bond donors (Lipinski definition) is 1. The molecule has 1 aliphatic rings. The summed E-state index contributed by atoms with van der Waals surface area (Å²) in [5.41, 5.74) is 11.2. The van der Waals surface area contributed by atoms with Gasteiger partial charge in [-0.2, -0.15) is 5.10 Å². The first-order chi connectivity index (χ1) is 10.5. The second-order valence-electron chi connectivity index (χ2n) is 7.08. The lowest BCUT2D eigenvalue weighted by Crippen LogP contribution is -2.15. The molecule has 3 heteroatoms. The van der Waals surface area contributed by atoms with Crippen molar-refractivity contribution in [1.82, 2.24) is 9.78 Å². The zero-order valence-corrected chi connectivity index (χ0v) is 13.8. The molecule has 0 radical (unpaired) electrons. The van der Waals surface area contributed by atoms with Gasteiger partial charge in [-0.25, -0.2) is 4.68 Å². The third-order valence-electron chi connectivity index (χ3n) is 4.24. The van der Waals surface area contributed by atoms with Crippen molar-refractivity contribution in [3.63, 3.8) is 0 Å². The molecular formula is C19H25N3. The minimum atomic E-state index is -0.0260. The minimum Gasteiger partial charge on any atom is -0.383 e. The van der Waals surface area contributed by atoms with Crippen molar-refractivity contribution in [2.24, 2.45) is 0 Å². The third-order valence-corrected chi connectivity index (χ3v) is 4.24. The fourth-order valence-electron chi connectivity index (χ4n) is 3.10. The van der Waals surface area contributed by atoms with Gasteiger partial charge in [-0.15, -0.1) is 0 Å². The SMILES string of the molecule is CC(C)(C)c1nn(-c2ccccc2)c(N)c1C1=CCCCC1. The van der Waals surface area contributed by atoms with Crippen molar-refractivity contribution in [2.75, 3.05) is 5.73 Å². The number of rotatable bonds is 2. The molecule has 0 amide bonds. The molecule has 0 aliphatic heterocycles. The summed E-state index contributed by atoms with van der Waals surface area (Å²) < 4.78 is 1.89. The van der Waals surface area contributed by atoms with E-state index < -0.39 is 0 Å². The van der Waals surface area contributed by atoms with Gasteiger partial charge in [0.05, 0.1) is 11.4 Å². The Bertz CT molecular complexity index is 687. The van der Waals surface area contributed by atoms with E-state index in [9.17, 15) is 0 Å². The van der Waals surface area contributed by atoms with E-state index in [4.69, 9.17) is 10.8 Å². The first kappa shape index (κ1) is 14.9. The molecule has 1 aliphatic carbocycles. The topological polar surface area (TPSA) is 43.8 Å². The van der Waals surface area contributed by atoms with Gasteiger partial charge in [-0.3, -0.25) is 0 Å². The molecule has 0 spiro atoms. The fourth-order valence-corrected chi connectivity index (χ4v) is 3.10. The highest BCUT2D eigenvalue weighted by atomic mass is 15.3. The number of hydrogen-bond acceptors (Lipinski definition) is 2. The van der Waals surface area contributed by atoms with Crippen LogP contribution in [0.1, 0.15) is 57.7 Å². The molecule has 0 saturated heterocycles. The summed E-state index contributed by atoms with van der Waals surface area (Å²) in [6.45, 7) is 6.62. The number of para-hydroxylation sites is 1. The summed E-state index contributed by atoms with van der Waals surface area (Å²) in [6.07, 6.45) is 7.12. The second kappa shape index (κ2) is 5.64. The quantitative estimate of drug-likeness (QED) is 0.872. The number of nitrogens with zero attached hydrogens (tertiary/aromatic N) is 2. The van der Waals surface area contributed by atoms with Crippen LogP contribution in [0.25, 0.3) is 11.3 Å². The third kappa shape index (κ3) is 2.68. The van der Waals surface area contributed by atoms with Crippen molar-refractivity contribution >= 4 is 11.4 Å². The van der Waals surface area contributed by atoms with E-state index in [0.717, 1.165) is 35.6 Å². The van der Waals surface area contributed by atoms with Crippen LogP contribution in [0.3, 0.4) is 0 Å². The van der Waals surface area contributed by atoms with Crippen LogP contribution in [0.2, 0.25) is 0 Å². The van der Waals surface area contributed by atoms with Crippen LogP contribution in [0.5, 0.6) is 0 Å². The van der Waals surface area contributed by atoms with Crippen LogP contribution in [0, 0.1) is 0 Å². The predicted octanol–water partition coefficient (Wildman–Crippen LogP) is 4.71. The van der Waals surface area contributed by atoms with Gasteiger partial charge < -0.3 is 5.73 Å². The Morgan fingerprint density at radius 3 is 2.41 bits per heavy atom. The molecule has 116 valence electrons. The molecule has 3 rings (SSSR count). The van der Waals surface area contributed by atoms with Crippen LogP contribution < -0.4 is 5.73 Å². The van der Waals surface area contributed by atoms with Gasteiger partial charge in [-0.05, 0) is 43.4 Å².